The van der Waals surface area contributed by atoms with Gasteiger partial charge in [-0.3, -0.25) is 4.79 Å². The smallest absolute Gasteiger partial charge is 0.260 e. The van der Waals surface area contributed by atoms with E-state index in [-0.39, 0.29) is 12.5 Å². The second-order valence-electron chi connectivity index (χ2n) is 10.3. The SMILES string of the molecule is CCCC/C(=N\OCc1ccc2ccccc2c1)c1ccc(OCC(=O)N2CCC3(CC2)CC3)cc1. The van der Waals surface area contributed by atoms with Gasteiger partial charge >= 0.3 is 0 Å². The Morgan fingerprint density at radius 1 is 0.944 bits per heavy atom. The monoisotopic (exact) mass is 484 g/mol. The fourth-order valence-corrected chi connectivity index (χ4v) is 4.99. The van der Waals surface area contributed by atoms with Crippen LogP contribution in [0, 0.1) is 5.41 Å². The van der Waals surface area contributed by atoms with Gasteiger partial charge in [-0.05, 0) is 96.2 Å². The Morgan fingerprint density at radius 2 is 1.69 bits per heavy atom. The second-order valence-corrected chi connectivity index (χ2v) is 10.3. The molecule has 0 atom stereocenters. The summed E-state index contributed by atoms with van der Waals surface area (Å²) in [4.78, 5) is 20.3. The zero-order chi connectivity index (χ0) is 24.8. The first kappa shape index (κ1) is 24.4. The van der Waals surface area contributed by atoms with Crippen molar-refractivity contribution in [2.24, 2.45) is 10.6 Å². The van der Waals surface area contributed by atoms with Crippen LogP contribution in [0.1, 0.15) is 63.0 Å². The van der Waals surface area contributed by atoms with E-state index >= 15 is 0 Å². The molecule has 1 aliphatic heterocycles. The van der Waals surface area contributed by atoms with Gasteiger partial charge in [0.25, 0.3) is 5.91 Å². The molecule has 1 saturated carbocycles. The Hall–Kier alpha value is -3.34. The van der Waals surface area contributed by atoms with Crippen LogP contribution in [-0.4, -0.2) is 36.2 Å². The minimum atomic E-state index is 0.0851. The lowest BCUT2D eigenvalue weighted by Crippen LogP contribution is -2.41. The summed E-state index contributed by atoms with van der Waals surface area (Å²) in [6, 6.07) is 22.5. The third-order valence-corrected chi connectivity index (χ3v) is 7.67. The van der Waals surface area contributed by atoms with Gasteiger partial charge in [0, 0.05) is 13.1 Å². The molecular weight excluding hydrogens is 448 g/mol. The van der Waals surface area contributed by atoms with Gasteiger partial charge in [-0.2, -0.15) is 0 Å². The van der Waals surface area contributed by atoms with Gasteiger partial charge in [0.15, 0.2) is 6.61 Å². The topological polar surface area (TPSA) is 51.1 Å². The maximum absolute atomic E-state index is 12.6. The zero-order valence-corrected chi connectivity index (χ0v) is 21.2. The van der Waals surface area contributed by atoms with Crippen LogP contribution < -0.4 is 4.74 Å². The van der Waals surface area contributed by atoms with Crippen LogP contribution in [0.15, 0.2) is 71.9 Å². The van der Waals surface area contributed by atoms with Gasteiger partial charge in [-0.25, -0.2) is 0 Å². The van der Waals surface area contributed by atoms with Gasteiger partial charge in [0.05, 0.1) is 5.71 Å². The van der Waals surface area contributed by atoms with E-state index in [0.29, 0.717) is 17.8 Å². The Balaban J connectivity index is 1.16. The van der Waals surface area contributed by atoms with Crippen molar-refractivity contribution < 1.29 is 14.4 Å². The number of carbonyl (C=O) groups is 1. The lowest BCUT2D eigenvalue weighted by atomic mass is 9.94. The third-order valence-electron chi connectivity index (χ3n) is 7.67. The lowest BCUT2D eigenvalue weighted by molar-refractivity contribution is -0.134. The van der Waals surface area contributed by atoms with E-state index < -0.39 is 0 Å². The summed E-state index contributed by atoms with van der Waals surface area (Å²) in [6.45, 7) is 4.45. The number of ether oxygens (including phenoxy) is 1. The molecule has 188 valence electrons. The van der Waals surface area contributed by atoms with E-state index in [1.54, 1.807) is 0 Å². The number of nitrogens with zero attached hydrogens (tertiary/aromatic N) is 2. The maximum Gasteiger partial charge on any atom is 0.260 e. The average molecular weight is 485 g/mol. The normalized spacial score (nSPS) is 16.8. The molecule has 2 fully saturated rings. The van der Waals surface area contributed by atoms with E-state index in [4.69, 9.17) is 9.57 Å². The molecule has 0 N–H and O–H groups in total. The van der Waals surface area contributed by atoms with E-state index in [2.05, 4.69) is 42.4 Å². The van der Waals surface area contributed by atoms with Crippen molar-refractivity contribution in [3.63, 3.8) is 0 Å². The van der Waals surface area contributed by atoms with Gasteiger partial charge in [0.2, 0.25) is 0 Å². The molecule has 36 heavy (non-hydrogen) atoms. The number of fused-ring (bicyclic) bond motifs is 1. The van der Waals surface area contributed by atoms with Crippen LogP contribution >= 0.6 is 0 Å². The number of oxime groups is 1. The molecule has 1 saturated heterocycles. The predicted octanol–water partition coefficient (Wildman–Crippen LogP) is 6.73. The summed E-state index contributed by atoms with van der Waals surface area (Å²) in [7, 11) is 0. The van der Waals surface area contributed by atoms with Gasteiger partial charge in [-0.1, -0.05) is 54.9 Å². The fraction of sp³-hybridized carbons (Fsp3) is 0.419. The summed E-state index contributed by atoms with van der Waals surface area (Å²) >= 11 is 0. The Morgan fingerprint density at radius 3 is 2.42 bits per heavy atom. The highest BCUT2D eigenvalue weighted by atomic mass is 16.6. The van der Waals surface area contributed by atoms with Gasteiger partial charge < -0.3 is 14.5 Å². The quantitative estimate of drug-likeness (QED) is 0.237. The van der Waals surface area contributed by atoms with E-state index in [1.165, 1.54) is 23.6 Å². The first-order chi connectivity index (χ1) is 17.6. The number of rotatable bonds is 10. The zero-order valence-electron chi connectivity index (χ0n) is 21.2. The second kappa shape index (κ2) is 11.2. The molecule has 0 unspecified atom stereocenters. The fourth-order valence-electron chi connectivity index (χ4n) is 4.99. The highest BCUT2D eigenvalue weighted by molar-refractivity contribution is 6.00. The largest absolute Gasteiger partial charge is 0.484 e. The molecular formula is C31H36N2O3. The number of carbonyl (C=O) groups excluding carboxylic acids is 1. The first-order valence-corrected chi connectivity index (χ1v) is 13.3. The van der Waals surface area contributed by atoms with Gasteiger partial charge in [0.1, 0.15) is 12.4 Å². The molecule has 1 amide bonds. The minimum Gasteiger partial charge on any atom is -0.484 e. The summed E-state index contributed by atoms with van der Waals surface area (Å²) in [5, 5.41) is 6.93. The van der Waals surface area contributed by atoms with Crippen molar-refractivity contribution in [3.05, 3.63) is 77.9 Å². The highest BCUT2D eigenvalue weighted by Gasteiger charge is 2.45. The van der Waals surface area contributed by atoms with Crippen molar-refractivity contribution in [2.45, 2.75) is 58.5 Å². The first-order valence-electron chi connectivity index (χ1n) is 13.3. The molecule has 5 rings (SSSR count). The van der Waals surface area contributed by atoms with Crippen molar-refractivity contribution in [2.75, 3.05) is 19.7 Å². The average Bonchev–Trinajstić information content (AvgIpc) is 3.68. The number of likely N-dealkylation sites (tertiary alicyclic amines) is 1. The summed E-state index contributed by atoms with van der Waals surface area (Å²) in [6.07, 6.45) is 7.97. The lowest BCUT2D eigenvalue weighted by Gasteiger charge is -2.32. The van der Waals surface area contributed by atoms with Crippen molar-refractivity contribution >= 4 is 22.4 Å². The number of amides is 1. The molecule has 3 aromatic rings. The number of piperidine rings is 1. The molecule has 0 bridgehead atoms. The third kappa shape index (κ3) is 6.07. The minimum absolute atomic E-state index is 0.0851. The number of unbranched alkanes of at least 4 members (excludes halogenated alkanes) is 1. The van der Waals surface area contributed by atoms with E-state index in [9.17, 15) is 4.79 Å². The molecule has 1 spiro atoms. The van der Waals surface area contributed by atoms with E-state index in [1.807, 2.05) is 41.3 Å². The van der Waals surface area contributed by atoms with Crippen LogP contribution in [0.5, 0.6) is 5.75 Å². The van der Waals surface area contributed by atoms with Crippen LogP contribution in [0.2, 0.25) is 0 Å². The Bertz CT molecular complexity index is 1200. The summed E-state index contributed by atoms with van der Waals surface area (Å²) < 4.78 is 5.82. The Kier molecular flexibility index (Phi) is 7.55. The molecule has 0 aromatic heterocycles. The van der Waals surface area contributed by atoms with Crippen molar-refractivity contribution in [3.8, 4) is 5.75 Å². The standard InChI is InChI=1S/C31H36N2O3/c1-2-3-8-29(32-36-22-24-9-10-25-6-4-5-7-27(25)21-24)26-11-13-28(14-12-26)35-23-30(34)33-19-17-31(15-16-31)18-20-33/h4-7,9-14,21H,2-3,8,15-20,22-23H2,1H3/b32-29+. The van der Waals surface area contributed by atoms with Crippen molar-refractivity contribution in [1.29, 1.82) is 0 Å². The van der Waals surface area contributed by atoms with Crippen LogP contribution in [0.4, 0.5) is 0 Å². The molecule has 5 nitrogen and oxygen atoms in total. The van der Waals surface area contributed by atoms with Gasteiger partial charge in [-0.15, -0.1) is 0 Å². The van der Waals surface area contributed by atoms with Crippen LogP contribution in [0.25, 0.3) is 10.8 Å². The maximum atomic E-state index is 12.6. The number of hydrogen-bond acceptors (Lipinski definition) is 4. The van der Waals surface area contributed by atoms with Crippen LogP contribution in [0.3, 0.4) is 0 Å². The molecule has 1 aliphatic carbocycles. The predicted molar refractivity (Wildman–Crippen MR) is 144 cm³/mol. The summed E-state index contributed by atoms with van der Waals surface area (Å²) in [5.74, 6) is 0.788. The highest BCUT2D eigenvalue weighted by Crippen LogP contribution is 2.53. The number of benzene rings is 3. The molecule has 5 heteroatoms. The number of hydrogen-bond donors (Lipinski definition) is 0. The van der Waals surface area contributed by atoms with E-state index in [0.717, 1.165) is 62.0 Å². The summed E-state index contributed by atoms with van der Waals surface area (Å²) in [5.41, 5.74) is 3.62. The molecule has 3 aromatic carbocycles. The molecule has 1 heterocycles. The molecule has 2 aliphatic rings. The Labute approximate surface area is 214 Å². The van der Waals surface area contributed by atoms with Crippen LogP contribution in [-0.2, 0) is 16.2 Å². The molecule has 0 radical (unpaired) electrons. The van der Waals surface area contributed by atoms with Crippen molar-refractivity contribution in [1.82, 2.24) is 4.90 Å².